The highest BCUT2D eigenvalue weighted by molar-refractivity contribution is 7.89. The van der Waals surface area contributed by atoms with E-state index in [1.807, 2.05) is 13.1 Å². The van der Waals surface area contributed by atoms with Crippen LogP contribution < -0.4 is 4.72 Å². The Hall–Kier alpha value is -1.77. The number of pyridine rings is 1. The fraction of sp³-hybridized carbons (Fsp3) is 0.333. The van der Waals surface area contributed by atoms with Crippen molar-refractivity contribution in [1.29, 1.82) is 0 Å². The van der Waals surface area contributed by atoms with Gasteiger partial charge in [-0.25, -0.2) is 18.1 Å². The first-order valence-corrected chi connectivity index (χ1v) is 7.54. The first-order chi connectivity index (χ1) is 9.51. The molecule has 8 heteroatoms. The van der Waals surface area contributed by atoms with E-state index < -0.39 is 10.0 Å². The van der Waals surface area contributed by atoms with Crippen LogP contribution >= 0.6 is 0 Å². The number of aromatic nitrogens is 3. The quantitative estimate of drug-likeness (QED) is 0.785. The van der Waals surface area contributed by atoms with Crippen molar-refractivity contribution in [2.75, 3.05) is 6.54 Å². The van der Waals surface area contributed by atoms with Crippen LogP contribution in [0.15, 0.2) is 35.7 Å². The average molecular weight is 296 g/mol. The monoisotopic (exact) mass is 296 g/mol. The number of sulfonamides is 1. The van der Waals surface area contributed by atoms with Gasteiger partial charge in [-0.15, -0.1) is 0 Å². The molecule has 0 radical (unpaired) electrons. The zero-order valence-electron chi connectivity index (χ0n) is 11.0. The molecule has 0 aliphatic heterocycles. The molecular formula is C12H16N4O3S. The van der Waals surface area contributed by atoms with Crippen LogP contribution in [0.3, 0.4) is 0 Å². The summed E-state index contributed by atoms with van der Waals surface area (Å²) in [5.74, 6) is 0. The van der Waals surface area contributed by atoms with Crippen molar-refractivity contribution in [1.82, 2.24) is 19.5 Å². The lowest BCUT2D eigenvalue weighted by Crippen LogP contribution is -2.28. The molecule has 7 nitrogen and oxygen atoms in total. The van der Waals surface area contributed by atoms with Crippen LogP contribution in [0.5, 0.6) is 0 Å². The molecular weight excluding hydrogens is 280 g/mol. The molecule has 0 fully saturated rings. The van der Waals surface area contributed by atoms with Crippen LogP contribution in [0.25, 0.3) is 0 Å². The van der Waals surface area contributed by atoms with Gasteiger partial charge in [0.2, 0.25) is 0 Å². The van der Waals surface area contributed by atoms with E-state index in [0.29, 0.717) is 12.1 Å². The maximum Gasteiger partial charge on any atom is 0.258 e. The summed E-state index contributed by atoms with van der Waals surface area (Å²) in [7, 11) is -3.63. The van der Waals surface area contributed by atoms with Crippen molar-refractivity contribution in [2.45, 2.75) is 25.1 Å². The highest BCUT2D eigenvalue weighted by Gasteiger charge is 2.14. The van der Waals surface area contributed by atoms with Crippen LogP contribution in [0, 0.1) is 6.92 Å². The van der Waals surface area contributed by atoms with Crippen LogP contribution in [0.1, 0.15) is 11.1 Å². The molecule has 0 aliphatic carbocycles. The molecule has 2 rings (SSSR count). The number of nitrogens with one attached hydrogen (secondary N) is 1. The molecule has 2 heterocycles. The van der Waals surface area contributed by atoms with Gasteiger partial charge in [0, 0.05) is 18.9 Å². The molecule has 0 aromatic carbocycles. The van der Waals surface area contributed by atoms with E-state index in [1.165, 1.54) is 18.3 Å². The molecule has 2 aromatic heterocycles. The third kappa shape index (κ3) is 3.62. The lowest BCUT2D eigenvalue weighted by Gasteiger charge is -2.06. The maximum absolute atomic E-state index is 12.0. The van der Waals surface area contributed by atoms with Crippen molar-refractivity contribution < 1.29 is 13.5 Å². The van der Waals surface area contributed by atoms with Crippen molar-refractivity contribution in [3.05, 3.63) is 41.9 Å². The Labute approximate surface area is 117 Å². The summed E-state index contributed by atoms with van der Waals surface area (Å²) in [6.07, 6.45) is 4.89. The first kappa shape index (κ1) is 14.6. The standard InChI is InChI=1S/C12H16N4O3S/c1-10-6-14-16(8-10)5-4-15-20(18,19)12-3-2-11(9-17)7-13-12/h2-3,6-8,15,17H,4-5,9H2,1H3. The second kappa shape index (κ2) is 6.12. The molecule has 0 unspecified atom stereocenters. The van der Waals surface area contributed by atoms with Crippen LogP contribution in [0.2, 0.25) is 0 Å². The van der Waals surface area contributed by atoms with Gasteiger partial charge in [-0.1, -0.05) is 6.07 Å². The van der Waals surface area contributed by atoms with Gasteiger partial charge in [-0.05, 0) is 24.1 Å². The number of nitrogens with zero attached hydrogens (tertiary/aromatic N) is 3. The third-order valence-electron chi connectivity index (χ3n) is 2.65. The molecule has 0 bridgehead atoms. The van der Waals surface area contributed by atoms with E-state index in [1.54, 1.807) is 10.9 Å². The third-order valence-corrected chi connectivity index (χ3v) is 4.03. The number of aliphatic hydroxyl groups excluding tert-OH is 1. The smallest absolute Gasteiger partial charge is 0.258 e. The first-order valence-electron chi connectivity index (χ1n) is 6.06. The molecule has 0 saturated heterocycles. The Kier molecular flexibility index (Phi) is 4.48. The van der Waals surface area contributed by atoms with E-state index in [0.717, 1.165) is 5.56 Å². The van der Waals surface area contributed by atoms with Crippen molar-refractivity contribution in [2.24, 2.45) is 0 Å². The molecule has 0 amide bonds. The van der Waals surface area contributed by atoms with Crippen LogP contribution in [-0.2, 0) is 23.2 Å². The summed E-state index contributed by atoms with van der Waals surface area (Å²) < 4.78 is 28.0. The summed E-state index contributed by atoms with van der Waals surface area (Å²) in [5.41, 5.74) is 1.59. The maximum atomic E-state index is 12.0. The predicted octanol–water partition coefficient (Wildman–Crippen LogP) is 0.0573. The van der Waals surface area contributed by atoms with Gasteiger partial charge < -0.3 is 5.11 Å². The lowest BCUT2D eigenvalue weighted by molar-refractivity contribution is 0.281. The fourth-order valence-electron chi connectivity index (χ4n) is 1.62. The Morgan fingerprint density at radius 2 is 2.15 bits per heavy atom. The van der Waals surface area contributed by atoms with Gasteiger partial charge >= 0.3 is 0 Å². The molecule has 0 saturated carbocycles. The van der Waals surface area contributed by atoms with Crippen LogP contribution in [-0.4, -0.2) is 34.8 Å². The summed E-state index contributed by atoms with van der Waals surface area (Å²) in [6, 6.07) is 2.89. The largest absolute Gasteiger partial charge is 0.392 e. The van der Waals surface area contributed by atoms with Crippen LogP contribution in [0.4, 0.5) is 0 Å². The van der Waals surface area contributed by atoms with E-state index >= 15 is 0 Å². The van der Waals surface area contributed by atoms with E-state index in [4.69, 9.17) is 5.11 Å². The average Bonchev–Trinajstić information content (AvgIpc) is 2.84. The SMILES string of the molecule is Cc1cnn(CCNS(=O)(=O)c2ccc(CO)cn2)c1. The minimum Gasteiger partial charge on any atom is -0.392 e. The normalized spacial score (nSPS) is 11.7. The van der Waals surface area contributed by atoms with Gasteiger partial charge in [0.25, 0.3) is 10.0 Å². The topological polar surface area (TPSA) is 97.1 Å². The summed E-state index contributed by atoms with van der Waals surface area (Å²) in [4.78, 5) is 3.82. The summed E-state index contributed by atoms with van der Waals surface area (Å²) in [6.45, 7) is 2.42. The van der Waals surface area contributed by atoms with Gasteiger partial charge in [0.05, 0.1) is 19.3 Å². The minimum atomic E-state index is -3.63. The molecule has 2 N–H and O–H groups in total. The van der Waals surface area contributed by atoms with Gasteiger partial charge in [-0.3, -0.25) is 4.68 Å². The Morgan fingerprint density at radius 1 is 1.35 bits per heavy atom. The predicted molar refractivity (Wildman–Crippen MR) is 72.3 cm³/mol. The number of hydrogen-bond acceptors (Lipinski definition) is 5. The van der Waals surface area contributed by atoms with E-state index in [2.05, 4.69) is 14.8 Å². The van der Waals surface area contributed by atoms with Gasteiger partial charge in [-0.2, -0.15) is 5.10 Å². The Bertz CT molecular complexity index is 664. The zero-order valence-corrected chi connectivity index (χ0v) is 11.8. The second-order valence-electron chi connectivity index (χ2n) is 4.34. The van der Waals surface area contributed by atoms with E-state index in [9.17, 15) is 8.42 Å². The number of aryl methyl sites for hydroxylation is 1. The fourth-order valence-corrected chi connectivity index (χ4v) is 2.57. The zero-order chi connectivity index (χ0) is 14.6. The summed E-state index contributed by atoms with van der Waals surface area (Å²) >= 11 is 0. The molecule has 0 atom stereocenters. The molecule has 20 heavy (non-hydrogen) atoms. The second-order valence-corrected chi connectivity index (χ2v) is 6.06. The highest BCUT2D eigenvalue weighted by atomic mass is 32.2. The molecule has 108 valence electrons. The molecule has 2 aromatic rings. The van der Waals surface area contributed by atoms with Crippen molar-refractivity contribution in [3.8, 4) is 0 Å². The Balaban J connectivity index is 1.96. The van der Waals surface area contributed by atoms with Gasteiger partial charge in [0.1, 0.15) is 0 Å². The van der Waals surface area contributed by atoms with Crippen molar-refractivity contribution in [3.63, 3.8) is 0 Å². The van der Waals surface area contributed by atoms with Gasteiger partial charge in [0.15, 0.2) is 5.03 Å². The summed E-state index contributed by atoms with van der Waals surface area (Å²) in [5, 5.41) is 12.9. The Morgan fingerprint density at radius 3 is 2.70 bits per heavy atom. The lowest BCUT2D eigenvalue weighted by atomic mass is 10.3. The number of rotatable bonds is 6. The highest BCUT2D eigenvalue weighted by Crippen LogP contribution is 2.06. The van der Waals surface area contributed by atoms with E-state index in [-0.39, 0.29) is 18.2 Å². The minimum absolute atomic E-state index is 0.0636. The number of aliphatic hydroxyl groups is 1. The molecule has 0 spiro atoms. The number of hydrogen-bond donors (Lipinski definition) is 2. The van der Waals surface area contributed by atoms with Crippen molar-refractivity contribution >= 4 is 10.0 Å². The molecule has 0 aliphatic rings.